The molecular formula is C12H21NO3. The molecule has 1 N–H and O–H groups in total. The molecule has 1 amide bonds. The minimum absolute atomic E-state index is 0.0428. The minimum Gasteiger partial charge on any atom is -0.462 e. The maximum absolute atomic E-state index is 11.2. The third-order valence-corrected chi connectivity index (χ3v) is 1.83. The maximum Gasteiger partial charge on any atom is 0.333 e. The molecule has 0 radical (unpaired) electrons. The third kappa shape index (κ3) is 8.03. The maximum atomic E-state index is 11.2. The zero-order valence-corrected chi connectivity index (χ0v) is 10.3. The lowest BCUT2D eigenvalue weighted by Crippen LogP contribution is -2.29. The number of carbonyl (C=O) groups is 2. The number of carbonyl (C=O) groups excluding carboxylic acids is 2. The number of esters is 1. The Bertz CT molecular complexity index is 259. The van der Waals surface area contributed by atoms with Gasteiger partial charge in [-0.3, -0.25) is 4.79 Å². The summed E-state index contributed by atoms with van der Waals surface area (Å²) in [5.74, 6) is -0.326. The van der Waals surface area contributed by atoms with Gasteiger partial charge in [-0.05, 0) is 33.6 Å². The average Bonchev–Trinajstić information content (AvgIpc) is 2.15. The molecule has 4 heteroatoms. The minimum atomic E-state index is -0.369. The van der Waals surface area contributed by atoms with Gasteiger partial charge in [-0.1, -0.05) is 6.58 Å². The fraction of sp³-hybridized carbons (Fsp3) is 0.667. The average molecular weight is 227 g/mol. The van der Waals surface area contributed by atoms with E-state index in [-0.39, 0.29) is 17.9 Å². The number of ether oxygens (including phenoxy) is 1. The van der Waals surface area contributed by atoms with Crippen LogP contribution in [0.25, 0.3) is 0 Å². The molecule has 0 aliphatic rings. The fourth-order valence-corrected chi connectivity index (χ4v) is 1.07. The molecule has 0 aromatic rings. The van der Waals surface area contributed by atoms with Crippen LogP contribution in [-0.2, 0) is 14.3 Å². The zero-order valence-electron chi connectivity index (χ0n) is 10.3. The summed E-state index contributed by atoms with van der Waals surface area (Å²) in [6.45, 7) is 9.28. The third-order valence-electron chi connectivity index (χ3n) is 1.83. The van der Waals surface area contributed by atoms with Crippen LogP contribution < -0.4 is 5.32 Å². The van der Waals surface area contributed by atoms with Crippen molar-refractivity contribution in [3.05, 3.63) is 12.2 Å². The SMILES string of the molecule is C=C(C)C(=O)OCCCCC(=O)NC(C)C. The van der Waals surface area contributed by atoms with Crippen molar-refractivity contribution >= 4 is 11.9 Å². The summed E-state index contributed by atoms with van der Waals surface area (Å²) in [5.41, 5.74) is 0.401. The van der Waals surface area contributed by atoms with Gasteiger partial charge in [-0.15, -0.1) is 0 Å². The Hall–Kier alpha value is -1.32. The number of unbranched alkanes of at least 4 members (excludes halogenated alkanes) is 1. The molecule has 0 bridgehead atoms. The molecule has 4 nitrogen and oxygen atoms in total. The Morgan fingerprint density at radius 1 is 1.31 bits per heavy atom. The van der Waals surface area contributed by atoms with Crippen molar-refractivity contribution in [3.8, 4) is 0 Å². The van der Waals surface area contributed by atoms with E-state index in [1.165, 1.54) is 0 Å². The van der Waals surface area contributed by atoms with E-state index in [0.717, 1.165) is 6.42 Å². The molecule has 0 spiro atoms. The molecule has 0 aliphatic heterocycles. The summed E-state index contributed by atoms with van der Waals surface area (Å²) in [4.78, 5) is 22.2. The first-order valence-corrected chi connectivity index (χ1v) is 5.55. The van der Waals surface area contributed by atoms with Crippen LogP contribution in [0.3, 0.4) is 0 Å². The van der Waals surface area contributed by atoms with Crippen LogP contribution in [0.4, 0.5) is 0 Å². The molecular weight excluding hydrogens is 206 g/mol. The number of hydrogen-bond donors (Lipinski definition) is 1. The molecule has 92 valence electrons. The summed E-state index contributed by atoms with van der Waals surface area (Å²) >= 11 is 0. The van der Waals surface area contributed by atoms with Gasteiger partial charge in [0, 0.05) is 18.0 Å². The quantitative estimate of drug-likeness (QED) is 0.410. The molecule has 0 saturated carbocycles. The van der Waals surface area contributed by atoms with Gasteiger partial charge in [-0.2, -0.15) is 0 Å². The smallest absolute Gasteiger partial charge is 0.333 e. The topological polar surface area (TPSA) is 55.4 Å². The number of nitrogens with one attached hydrogen (secondary N) is 1. The summed E-state index contributed by atoms with van der Waals surface area (Å²) in [7, 11) is 0. The van der Waals surface area contributed by atoms with Crippen molar-refractivity contribution in [2.75, 3.05) is 6.61 Å². The van der Waals surface area contributed by atoms with Crippen molar-refractivity contribution in [2.24, 2.45) is 0 Å². The van der Waals surface area contributed by atoms with Crippen LogP contribution in [-0.4, -0.2) is 24.5 Å². The highest BCUT2D eigenvalue weighted by Crippen LogP contribution is 1.99. The highest BCUT2D eigenvalue weighted by Gasteiger charge is 2.04. The molecule has 0 aromatic carbocycles. The van der Waals surface area contributed by atoms with E-state index in [4.69, 9.17) is 4.74 Å². The molecule has 0 aliphatic carbocycles. The summed E-state index contributed by atoms with van der Waals surface area (Å²) in [6.07, 6.45) is 1.90. The van der Waals surface area contributed by atoms with Crippen LogP contribution in [0.2, 0.25) is 0 Å². The Labute approximate surface area is 97.1 Å². The number of rotatable bonds is 7. The second-order valence-electron chi connectivity index (χ2n) is 4.10. The Balaban J connectivity index is 3.44. The van der Waals surface area contributed by atoms with Crippen LogP contribution in [0.5, 0.6) is 0 Å². The van der Waals surface area contributed by atoms with Crippen molar-refractivity contribution < 1.29 is 14.3 Å². The number of amides is 1. The molecule has 0 atom stereocenters. The van der Waals surface area contributed by atoms with Crippen LogP contribution in [0, 0.1) is 0 Å². The van der Waals surface area contributed by atoms with E-state index in [2.05, 4.69) is 11.9 Å². The van der Waals surface area contributed by atoms with Gasteiger partial charge in [0.25, 0.3) is 0 Å². The first-order valence-electron chi connectivity index (χ1n) is 5.55. The first kappa shape index (κ1) is 14.7. The summed E-state index contributed by atoms with van der Waals surface area (Å²) < 4.78 is 4.90. The fourth-order valence-electron chi connectivity index (χ4n) is 1.07. The molecule has 0 unspecified atom stereocenters. The molecule has 0 rings (SSSR count). The van der Waals surface area contributed by atoms with Gasteiger partial charge in [0.2, 0.25) is 5.91 Å². The first-order chi connectivity index (χ1) is 7.43. The van der Waals surface area contributed by atoms with Crippen LogP contribution in [0.15, 0.2) is 12.2 Å². The van der Waals surface area contributed by atoms with E-state index >= 15 is 0 Å². The predicted molar refractivity (Wildman–Crippen MR) is 62.9 cm³/mol. The van der Waals surface area contributed by atoms with E-state index in [1.54, 1.807) is 6.92 Å². The summed E-state index contributed by atoms with van der Waals surface area (Å²) in [5, 5.41) is 2.80. The van der Waals surface area contributed by atoms with Gasteiger partial charge in [-0.25, -0.2) is 4.79 Å². The second-order valence-corrected chi connectivity index (χ2v) is 4.10. The van der Waals surface area contributed by atoms with E-state index in [0.29, 0.717) is 25.0 Å². The summed E-state index contributed by atoms with van der Waals surface area (Å²) in [6, 6.07) is 0.175. The predicted octanol–water partition coefficient (Wildman–Crippen LogP) is 1.80. The molecule has 16 heavy (non-hydrogen) atoms. The van der Waals surface area contributed by atoms with Gasteiger partial charge in [0.1, 0.15) is 0 Å². The van der Waals surface area contributed by atoms with Crippen molar-refractivity contribution in [2.45, 2.75) is 46.1 Å². The highest BCUT2D eigenvalue weighted by atomic mass is 16.5. The van der Waals surface area contributed by atoms with Crippen molar-refractivity contribution in [1.29, 1.82) is 0 Å². The molecule has 0 heterocycles. The lowest BCUT2D eigenvalue weighted by atomic mass is 10.2. The van der Waals surface area contributed by atoms with Gasteiger partial charge in [0.05, 0.1) is 6.61 Å². The zero-order chi connectivity index (χ0) is 12.6. The van der Waals surface area contributed by atoms with Crippen LogP contribution >= 0.6 is 0 Å². The van der Waals surface area contributed by atoms with Gasteiger partial charge >= 0.3 is 5.97 Å². The second kappa shape index (κ2) is 7.91. The van der Waals surface area contributed by atoms with Crippen molar-refractivity contribution in [1.82, 2.24) is 5.32 Å². The molecule has 0 aromatic heterocycles. The van der Waals surface area contributed by atoms with E-state index in [9.17, 15) is 9.59 Å². The Morgan fingerprint density at radius 2 is 1.94 bits per heavy atom. The number of hydrogen-bond acceptors (Lipinski definition) is 3. The molecule has 0 saturated heterocycles. The molecule has 0 fully saturated rings. The van der Waals surface area contributed by atoms with Gasteiger partial charge in [0.15, 0.2) is 0 Å². The Morgan fingerprint density at radius 3 is 2.44 bits per heavy atom. The van der Waals surface area contributed by atoms with Crippen LogP contribution in [0.1, 0.15) is 40.0 Å². The highest BCUT2D eigenvalue weighted by molar-refractivity contribution is 5.86. The van der Waals surface area contributed by atoms with Crippen molar-refractivity contribution in [3.63, 3.8) is 0 Å². The monoisotopic (exact) mass is 227 g/mol. The van der Waals surface area contributed by atoms with E-state index in [1.807, 2.05) is 13.8 Å². The standard InChI is InChI=1S/C12H21NO3/c1-9(2)12(15)16-8-6-5-7-11(14)13-10(3)4/h10H,1,5-8H2,2-4H3,(H,13,14). The lowest BCUT2D eigenvalue weighted by Gasteiger charge is -2.08. The van der Waals surface area contributed by atoms with E-state index < -0.39 is 0 Å². The van der Waals surface area contributed by atoms with Gasteiger partial charge < -0.3 is 10.1 Å². The Kier molecular flexibility index (Phi) is 7.25. The largest absolute Gasteiger partial charge is 0.462 e. The lowest BCUT2D eigenvalue weighted by molar-refractivity contribution is -0.139. The normalized spacial score (nSPS) is 10.0.